The molecule has 2 N–H and O–H groups in total. The number of aliphatic carboxylic acids is 1. The molecule has 0 aliphatic carbocycles. The highest BCUT2D eigenvalue weighted by Gasteiger charge is 2.33. The van der Waals surface area contributed by atoms with Crippen LogP contribution in [0.5, 0.6) is 0 Å². The van der Waals surface area contributed by atoms with Crippen LogP contribution in [-0.4, -0.2) is 41.2 Å². The van der Waals surface area contributed by atoms with Crippen molar-refractivity contribution in [2.45, 2.75) is 45.3 Å². The minimum absolute atomic E-state index is 0.0684. The van der Waals surface area contributed by atoms with Crippen LogP contribution in [0.3, 0.4) is 0 Å². The van der Waals surface area contributed by atoms with E-state index in [9.17, 15) is 14.7 Å². The fourth-order valence-corrected chi connectivity index (χ4v) is 2.45. The van der Waals surface area contributed by atoms with Gasteiger partial charge in [0.1, 0.15) is 12.1 Å². The number of esters is 1. The SMILES string of the molecule is CN[C@H](C(=O)O)[C@H](OC(C)=O)[C@H](C)CCCc1ccccn1. The van der Waals surface area contributed by atoms with Gasteiger partial charge in [-0.05, 0) is 44.4 Å². The third kappa shape index (κ3) is 5.81. The van der Waals surface area contributed by atoms with E-state index in [0.717, 1.165) is 25.0 Å². The topological polar surface area (TPSA) is 88.5 Å². The number of aromatic nitrogens is 1. The molecule has 0 aliphatic rings. The zero-order valence-electron chi connectivity index (χ0n) is 13.3. The summed E-state index contributed by atoms with van der Waals surface area (Å²) in [6.45, 7) is 3.20. The smallest absolute Gasteiger partial charge is 0.324 e. The second kappa shape index (κ2) is 9.15. The Morgan fingerprint density at radius 3 is 2.64 bits per heavy atom. The first-order valence-corrected chi connectivity index (χ1v) is 7.43. The fourth-order valence-electron chi connectivity index (χ4n) is 2.45. The van der Waals surface area contributed by atoms with E-state index in [1.807, 2.05) is 25.1 Å². The number of carbonyl (C=O) groups is 2. The second-order valence-corrected chi connectivity index (χ2v) is 5.37. The van der Waals surface area contributed by atoms with E-state index in [-0.39, 0.29) is 5.92 Å². The Bertz CT molecular complexity index is 478. The maximum absolute atomic E-state index is 11.3. The maximum atomic E-state index is 11.3. The van der Waals surface area contributed by atoms with E-state index in [1.54, 1.807) is 13.2 Å². The molecule has 22 heavy (non-hydrogen) atoms. The molecule has 0 fully saturated rings. The van der Waals surface area contributed by atoms with Gasteiger partial charge in [0.05, 0.1) is 0 Å². The summed E-state index contributed by atoms with van der Waals surface area (Å²) in [5.74, 6) is -1.56. The predicted molar refractivity (Wildman–Crippen MR) is 82.4 cm³/mol. The Balaban J connectivity index is 2.61. The van der Waals surface area contributed by atoms with Crippen LogP contribution in [0.2, 0.25) is 0 Å². The molecule has 0 unspecified atom stereocenters. The zero-order chi connectivity index (χ0) is 16.5. The lowest BCUT2D eigenvalue weighted by Crippen LogP contribution is -2.49. The number of rotatable bonds is 9. The number of carbonyl (C=O) groups excluding carboxylic acids is 1. The first-order valence-electron chi connectivity index (χ1n) is 7.43. The minimum atomic E-state index is -1.02. The Labute approximate surface area is 130 Å². The average molecular weight is 308 g/mol. The molecule has 1 heterocycles. The van der Waals surface area contributed by atoms with Crippen molar-refractivity contribution in [3.63, 3.8) is 0 Å². The van der Waals surface area contributed by atoms with Crippen LogP contribution in [0.4, 0.5) is 0 Å². The van der Waals surface area contributed by atoms with E-state index in [0.29, 0.717) is 0 Å². The van der Waals surface area contributed by atoms with Crippen molar-refractivity contribution in [1.82, 2.24) is 10.3 Å². The van der Waals surface area contributed by atoms with Crippen LogP contribution in [0.1, 0.15) is 32.4 Å². The number of nitrogens with zero attached hydrogens (tertiary/aromatic N) is 1. The Morgan fingerprint density at radius 2 is 2.14 bits per heavy atom. The lowest BCUT2D eigenvalue weighted by atomic mass is 9.92. The molecular weight excluding hydrogens is 284 g/mol. The third-order valence-corrected chi connectivity index (χ3v) is 3.59. The molecule has 1 aromatic rings. The van der Waals surface area contributed by atoms with Crippen molar-refractivity contribution in [1.29, 1.82) is 0 Å². The van der Waals surface area contributed by atoms with Gasteiger partial charge in [0, 0.05) is 18.8 Å². The minimum Gasteiger partial charge on any atom is -0.480 e. The van der Waals surface area contributed by atoms with Gasteiger partial charge < -0.3 is 15.2 Å². The summed E-state index contributed by atoms with van der Waals surface area (Å²) in [5, 5.41) is 12.0. The molecule has 0 amide bonds. The summed E-state index contributed by atoms with van der Waals surface area (Å²) in [5.41, 5.74) is 1.00. The lowest BCUT2D eigenvalue weighted by Gasteiger charge is -2.28. The van der Waals surface area contributed by atoms with Crippen molar-refractivity contribution < 1.29 is 19.4 Å². The largest absolute Gasteiger partial charge is 0.480 e. The van der Waals surface area contributed by atoms with Crippen LogP contribution < -0.4 is 5.32 Å². The van der Waals surface area contributed by atoms with Crippen LogP contribution in [0.25, 0.3) is 0 Å². The molecule has 0 saturated heterocycles. The monoisotopic (exact) mass is 308 g/mol. The molecule has 3 atom stereocenters. The summed E-state index contributed by atoms with van der Waals surface area (Å²) in [6.07, 6.45) is 3.48. The van der Waals surface area contributed by atoms with Crippen LogP contribution in [0.15, 0.2) is 24.4 Å². The number of aryl methyl sites for hydroxylation is 1. The highest BCUT2D eigenvalue weighted by atomic mass is 16.5. The molecule has 6 heteroatoms. The highest BCUT2D eigenvalue weighted by molar-refractivity contribution is 5.75. The molecule has 6 nitrogen and oxygen atoms in total. The molecule has 1 rings (SSSR count). The number of pyridine rings is 1. The van der Waals surface area contributed by atoms with Gasteiger partial charge in [0.2, 0.25) is 0 Å². The molecule has 0 spiro atoms. The predicted octanol–water partition coefficient (Wildman–Crippen LogP) is 1.64. The van der Waals surface area contributed by atoms with Gasteiger partial charge in [-0.2, -0.15) is 0 Å². The molecule has 0 saturated carbocycles. The van der Waals surface area contributed by atoms with Crippen molar-refractivity contribution in [2.75, 3.05) is 7.05 Å². The van der Waals surface area contributed by atoms with Crippen molar-refractivity contribution >= 4 is 11.9 Å². The van der Waals surface area contributed by atoms with Crippen LogP contribution >= 0.6 is 0 Å². The number of carboxylic acids is 1. The molecule has 0 aliphatic heterocycles. The summed E-state index contributed by atoms with van der Waals surface area (Å²) < 4.78 is 5.23. The normalized spacial score (nSPS) is 14.9. The number of ether oxygens (including phenoxy) is 1. The molecule has 1 aromatic heterocycles. The van der Waals surface area contributed by atoms with E-state index in [2.05, 4.69) is 10.3 Å². The molecule has 0 bridgehead atoms. The van der Waals surface area contributed by atoms with E-state index in [1.165, 1.54) is 6.92 Å². The molecule has 122 valence electrons. The van der Waals surface area contributed by atoms with Crippen LogP contribution in [0, 0.1) is 5.92 Å². The summed E-state index contributed by atoms with van der Waals surface area (Å²) in [7, 11) is 1.55. The number of hydrogen-bond acceptors (Lipinski definition) is 5. The summed E-state index contributed by atoms with van der Waals surface area (Å²) >= 11 is 0. The molecule has 0 aromatic carbocycles. The van der Waals surface area contributed by atoms with Crippen LogP contribution in [-0.2, 0) is 20.7 Å². The van der Waals surface area contributed by atoms with E-state index < -0.39 is 24.1 Å². The van der Waals surface area contributed by atoms with Gasteiger partial charge in [0.15, 0.2) is 0 Å². The van der Waals surface area contributed by atoms with Gasteiger partial charge >= 0.3 is 11.9 Å². The first kappa shape index (κ1) is 18.1. The number of nitrogens with one attached hydrogen (secondary N) is 1. The number of likely N-dealkylation sites (N-methyl/N-ethyl adjacent to an activating group) is 1. The zero-order valence-corrected chi connectivity index (χ0v) is 13.3. The Hall–Kier alpha value is -1.95. The maximum Gasteiger partial charge on any atom is 0.324 e. The van der Waals surface area contributed by atoms with Gasteiger partial charge in [-0.15, -0.1) is 0 Å². The van der Waals surface area contributed by atoms with Gasteiger partial charge in [0.25, 0.3) is 0 Å². The van der Waals surface area contributed by atoms with Crippen molar-refractivity contribution in [2.24, 2.45) is 5.92 Å². The summed E-state index contributed by atoms with van der Waals surface area (Å²) in [6, 6.07) is 4.86. The highest BCUT2D eigenvalue weighted by Crippen LogP contribution is 2.19. The third-order valence-electron chi connectivity index (χ3n) is 3.59. The molecular formula is C16H24N2O4. The van der Waals surface area contributed by atoms with Gasteiger partial charge in [-0.25, -0.2) is 0 Å². The van der Waals surface area contributed by atoms with Crippen molar-refractivity contribution in [3.8, 4) is 0 Å². The van der Waals surface area contributed by atoms with Gasteiger partial charge in [-0.1, -0.05) is 13.0 Å². The Morgan fingerprint density at radius 1 is 1.41 bits per heavy atom. The van der Waals surface area contributed by atoms with Gasteiger partial charge in [-0.3, -0.25) is 14.6 Å². The number of carboxylic acid groups (broad SMARTS) is 1. The average Bonchev–Trinajstić information content (AvgIpc) is 2.47. The first-order chi connectivity index (χ1) is 10.5. The van der Waals surface area contributed by atoms with Crippen molar-refractivity contribution in [3.05, 3.63) is 30.1 Å². The lowest BCUT2D eigenvalue weighted by molar-refractivity contribution is -0.156. The van der Waals surface area contributed by atoms with E-state index in [4.69, 9.17) is 4.74 Å². The summed E-state index contributed by atoms with van der Waals surface area (Å²) in [4.78, 5) is 26.8. The second-order valence-electron chi connectivity index (χ2n) is 5.37. The quantitative estimate of drug-likeness (QED) is 0.674. The fraction of sp³-hybridized carbons (Fsp3) is 0.562. The Kier molecular flexibility index (Phi) is 7.52. The molecule has 0 radical (unpaired) electrons. The standard InChI is InChI=1S/C16H24N2O4/c1-11(7-6-9-13-8-4-5-10-18-13)15(22-12(2)19)14(17-3)16(20)21/h4-5,8,10-11,14-15,17H,6-7,9H2,1-3H3,(H,20,21)/t11-,14+,15-/m1/s1. The number of hydrogen-bond donors (Lipinski definition) is 2. The van der Waals surface area contributed by atoms with E-state index >= 15 is 0 Å².